The van der Waals surface area contributed by atoms with Crippen LogP contribution in [0.2, 0.25) is 0 Å². The summed E-state index contributed by atoms with van der Waals surface area (Å²) in [7, 11) is 0. The van der Waals surface area contributed by atoms with Gasteiger partial charge in [-0.2, -0.15) is 5.26 Å². The van der Waals surface area contributed by atoms with Crippen LogP contribution in [0, 0.1) is 11.3 Å². The zero-order chi connectivity index (χ0) is 17.8. The van der Waals surface area contributed by atoms with Crippen molar-refractivity contribution in [2.75, 3.05) is 13.1 Å². The molecule has 7 nitrogen and oxygen atoms in total. The van der Waals surface area contributed by atoms with Crippen LogP contribution in [0.4, 0.5) is 0 Å². The lowest BCUT2D eigenvalue weighted by molar-refractivity contribution is -0.121. The predicted octanol–water partition coefficient (Wildman–Crippen LogP) is 1.40. The van der Waals surface area contributed by atoms with Gasteiger partial charge in [-0.1, -0.05) is 6.08 Å². The number of amides is 2. The van der Waals surface area contributed by atoms with Crippen molar-refractivity contribution in [3.05, 3.63) is 54.6 Å². The molecule has 0 aromatic carbocycles. The van der Waals surface area contributed by atoms with Crippen molar-refractivity contribution < 1.29 is 9.59 Å². The molecule has 0 spiro atoms. The molecule has 2 N–H and O–H groups in total. The van der Waals surface area contributed by atoms with Gasteiger partial charge < -0.3 is 15.2 Å². The Balaban J connectivity index is 1.90. The maximum atomic E-state index is 12.1. The third kappa shape index (κ3) is 3.43. The highest BCUT2D eigenvalue weighted by Crippen LogP contribution is 2.28. The lowest BCUT2D eigenvalue weighted by Crippen LogP contribution is -2.40. The lowest BCUT2D eigenvalue weighted by atomic mass is 10.1. The molecule has 0 aliphatic carbocycles. The zero-order valence-electron chi connectivity index (χ0n) is 13.5. The molecule has 1 aliphatic heterocycles. The molecule has 2 amide bonds. The number of pyridine rings is 1. The van der Waals surface area contributed by atoms with Gasteiger partial charge in [0.2, 0.25) is 5.91 Å². The summed E-state index contributed by atoms with van der Waals surface area (Å²) < 4.78 is 1.82. The monoisotopic (exact) mass is 335 g/mol. The van der Waals surface area contributed by atoms with Gasteiger partial charge in [0, 0.05) is 49.2 Å². The summed E-state index contributed by atoms with van der Waals surface area (Å²) in [4.78, 5) is 28.2. The van der Waals surface area contributed by atoms with Crippen molar-refractivity contribution in [1.29, 1.82) is 5.26 Å². The van der Waals surface area contributed by atoms with E-state index in [-0.39, 0.29) is 24.3 Å². The Morgan fingerprint density at radius 1 is 1.48 bits per heavy atom. The van der Waals surface area contributed by atoms with Gasteiger partial charge in [0.25, 0.3) is 5.91 Å². The van der Waals surface area contributed by atoms with Crippen molar-refractivity contribution in [2.45, 2.75) is 12.5 Å². The van der Waals surface area contributed by atoms with Crippen molar-refractivity contribution in [2.24, 2.45) is 0 Å². The minimum absolute atomic E-state index is 0.101. The van der Waals surface area contributed by atoms with E-state index in [2.05, 4.69) is 28.3 Å². The van der Waals surface area contributed by atoms with Gasteiger partial charge in [0.15, 0.2) is 0 Å². The Morgan fingerprint density at radius 2 is 2.32 bits per heavy atom. The molecule has 0 saturated carbocycles. The molecule has 0 saturated heterocycles. The third-order valence-electron chi connectivity index (χ3n) is 4.04. The van der Waals surface area contributed by atoms with Crippen molar-refractivity contribution >= 4 is 11.8 Å². The summed E-state index contributed by atoms with van der Waals surface area (Å²) in [5.74, 6) is -0.284. The molecule has 126 valence electrons. The quantitative estimate of drug-likeness (QED) is 0.807. The van der Waals surface area contributed by atoms with Crippen LogP contribution in [0.25, 0.3) is 11.1 Å². The molecule has 1 unspecified atom stereocenters. The van der Waals surface area contributed by atoms with Crippen molar-refractivity contribution in [3.63, 3.8) is 0 Å². The molecule has 0 radical (unpaired) electrons. The number of hydrogen-bond acceptors (Lipinski definition) is 4. The van der Waals surface area contributed by atoms with Crippen LogP contribution in [0.15, 0.2) is 43.4 Å². The first-order valence-electron chi connectivity index (χ1n) is 7.85. The highest BCUT2D eigenvalue weighted by molar-refractivity contribution is 5.95. The van der Waals surface area contributed by atoms with E-state index in [1.807, 2.05) is 10.8 Å². The molecule has 1 atom stereocenters. The smallest absolute Gasteiger partial charge is 0.268 e. The minimum Gasteiger partial charge on any atom is -0.353 e. The molecule has 0 fully saturated rings. The first kappa shape index (κ1) is 16.5. The fourth-order valence-electron chi connectivity index (χ4n) is 2.82. The summed E-state index contributed by atoms with van der Waals surface area (Å²) in [6.45, 7) is 4.37. The lowest BCUT2D eigenvalue weighted by Gasteiger charge is -2.26. The maximum Gasteiger partial charge on any atom is 0.268 e. The standard InChI is InChI=1S/C18H17N5O2/c1-2-3-21-17(24)6-15-10-22-18(25)16-5-14(11-23(15)16)13-4-12(7-19)8-20-9-13/h2,4-5,8-9,11,15H,1,3,6,10H2,(H,21,24)(H,22,25). The average molecular weight is 335 g/mol. The van der Waals surface area contributed by atoms with Crippen LogP contribution in [0.1, 0.15) is 28.5 Å². The van der Waals surface area contributed by atoms with E-state index in [4.69, 9.17) is 5.26 Å². The summed E-state index contributed by atoms with van der Waals surface area (Å²) in [6.07, 6.45) is 6.84. The number of nitriles is 1. The topological polar surface area (TPSA) is 99.8 Å². The second-order valence-corrected chi connectivity index (χ2v) is 5.76. The van der Waals surface area contributed by atoms with Gasteiger partial charge >= 0.3 is 0 Å². The number of fused-ring (bicyclic) bond motifs is 1. The van der Waals surface area contributed by atoms with Gasteiger partial charge in [-0.3, -0.25) is 14.6 Å². The number of carbonyl (C=O) groups excluding carboxylic acids is 2. The fourth-order valence-corrected chi connectivity index (χ4v) is 2.82. The highest BCUT2D eigenvalue weighted by atomic mass is 16.2. The van der Waals surface area contributed by atoms with Crippen LogP contribution in [-0.2, 0) is 4.79 Å². The van der Waals surface area contributed by atoms with E-state index in [0.29, 0.717) is 24.3 Å². The van der Waals surface area contributed by atoms with E-state index >= 15 is 0 Å². The third-order valence-corrected chi connectivity index (χ3v) is 4.04. The summed E-state index contributed by atoms with van der Waals surface area (Å²) in [6, 6.07) is 5.36. The number of carbonyl (C=O) groups is 2. The number of nitrogens with zero attached hydrogens (tertiary/aromatic N) is 3. The number of hydrogen-bond donors (Lipinski definition) is 2. The van der Waals surface area contributed by atoms with Crippen LogP contribution in [0.5, 0.6) is 0 Å². The Kier molecular flexibility index (Phi) is 4.61. The molecule has 7 heteroatoms. The molecule has 1 aliphatic rings. The Labute approximate surface area is 145 Å². The van der Waals surface area contributed by atoms with Crippen molar-refractivity contribution in [1.82, 2.24) is 20.2 Å². The normalized spacial score (nSPS) is 15.6. The van der Waals surface area contributed by atoms with E-state index in [0.717, 1.165) is 11.1 Å². The second-order valence-electron chi connectivity index (χ2n) is 5.76. The predicted molar refractivity (Wildman–Crippen MR) is 91.6 cm³/mol. The molecule has 25 heavy (non-hydrogen) atoms. The van der Waals surface area contributed by atoms with Gasteiger partial charge in [-0.15, -0.1) is 6.58 Å². The number of nitrogens with one attached hydrogen (secondary N) is 2. The van der Waals surface area contributed by atoms with Crippen LogP contribution < -0.4 is 10.6 Å². The minimum atomic E-state index is -0.182. The van der Waals surface area contributed by atoms with Crippen LogP contribution in [0.3, 0.4) is 0 Å². The van der Waals surface area contributed by atoms with Gasteiger partial charge in [0.1, 0.15) is 11.8 Å². The Hall–Kier alpha value is -3.40. The first-order valence-corrected chi connectivity index (χ1v) is 7.85. The van der Waals surface area contributed by atoms with Crippen LogP contribution in [-0.4, -0.2) is 34.5 Å². The van der Waals surface area contributed by atoms with Crippen molar-refractivity contribution in [3.8, 4) is 17.2 Å². The van der Waals surface area contributed by atoms with E-state index in [9.17, 15) is 9.59 Å². The Bertz CT molecular complexity index is 878. The van der Waals surface area contributed by atoms with E-state index in [1.54, 1.807) is 24.4 Å². The van der Waals surface area contributed by atoms with Gasteiger partial charge in [-0.25, -0.2) is 0 Å². The second kappa shape index (κ2) is 7.01. The summed E-state index contributed by atoms with van der Waals surface area (Å²) in [5.41, 5.74) is 2.48. The van der Waals surface area contributed by atoms with E-state index in [1.165, 1.54) is 6.20 Å². The summed E-state index contributed by atoms with van der Waals surface area (Å²) >= 11 is 0. The zero-order valence-corrected chi connectivity index (χ0v) is 13.5. The average Bonchev–Trinajstić information content (AvgIpc) is 3.09. The molecule has 3 heterocycles. The Morgan fingerprint density at radius 3 is 3.08 bits per heavy atom. The first-order chi connectivity index (χ1) is 12.1. The highest BCUT2D eigenvalue weighted by Gasteiger charge is 2.27. The maximum absolute atomic E-state index is 12.1. The number of aromatic nitrogens is 2. The van der Waals surface area contributed by atoms with Crippen LogP contribution >= 0.6 is 0 Å². The molecule has 2 aromatic rings. The van der Waals surface area contributed by atoms with Gasteiger partial charge in [-0.05, 0) is 12.1 Å². The van der Waals surface area contributed by atoms with Gasteiger partial charge in [0.05, 0.1) is 11.6 Å². The summed E-state index contributed by atoms with van der Waals surface area (Å²) in [5, 5.41) is 14.6. The largest absolute Gasteiger partial charge is 0.353 e. The van der Waals surface area contributed by atoms with E-state index < -0.39 is 0 Å². The number of rotatable bonds is 5. The fraction of sp³-hybridized carbons (Fsp3) is 0.222. The molecule has 2 aromatic heterocycles. The molecular weight excluding hydrogens is 318 g/mol. The molecule has 3 rings (SSSR count). The molecule has 0 bridgehead atoms. The molecular formula is C18H17N5O2. The SMILES string of the molecule is C=CCNC(=O)CC1CNC(=O)c2cc(-c3cncc(C#N)c3)cn21.